The molecule has 0 aromatic rings. The van der Waals surface area contributed by atoms with Crippen LogP contribution in [0.25, 0.3) is 0 Å². The summed E-state index contributed by atoms with van der Waals surface area (Å²) < 4.78 is 0. The van der Waals surface area contributed by atoms with Gasteiger partial charge >= 0.3 is 0 Å². The first-order valence-corrected chi connectivity index (χ1v) is 11.6. The summed E-state index contributed by atoms with van der Waals surface area (Å²) in [6.45, 7) is 6.04. The molecule has 25 heavy (non-hydrogen) atoms. The average Bonchev–Trinajstić information content (AvgIpc) is 2.62. The van der Waals surface area contributed by atoms with Crippen LogP contribution in [0.5, 0.6) is 0 Å². The summed E-state index contributed by atoms with van der Waals surface area (Å²) in [4.78, 5) is 0. The van der Waals surface area contributed by atoms with E-state index in [1.54, 1.807) is 0 Å². The van der Waals surface area contributed by atoms with E-state index in [0.717, 1.165) is 12.8 Å². The van der Waals surface area contributed by atoms with Gasteiger partial charge in [-0.1, -0.05) is 116 Å². The van der Waals surface area contributed by atoms with Gasteiger partial charge in [0, 0.05) is 0 Å². The number of allylic oxidation sites excluding steroid dienone is 1. The van der Waals surface area contributed by atoms with Gasteiger partial charge in [0.15, 0.2) is 0 Å². The highest BCUT2D eigenvalue weighted by atomic mass is 16.3. The summed E-state index contributed by atoms with van der Waals surface area (Å²) >= 11 is 0. The van der Waals surface area contributed by atoms with Crippen LogP contribution in [-0.2, 0) is 0 Å². The predicted molar refractivity (Wildman–Crippen MR) is 114 cm³/mol. The van der Waals surface area contributed by atoms with E-state index in [1.165, 1.54) is 116 Å². The van der Waals surface area contributed by atoms with E-state index in [2.05, 4.69) is 13.5 Å². The summed E-state index contributed by atoms with van der Waals surface area (Å²) in [6.07, 6.45) is 28.2. The molecule has 0 radical (unpaired) electrons. The normalized spacial score (nSPS) is 12.4. The second-order valence-electron chi connectivity index (χ2n) is 7.97. The molecule has 0 aliphatic heterocycles. The molecule has 1 N–H and O–H groups in total. The lowest BCUT2D eigenvalue weighted by Gasteiger charge is -2.10. The van der Waals surface area contributed by atoms with Gasteiger partial charge in [0.1, 0.15) is 0 Å². The highest BCUT2D eigenvalue weighted by Gasteiger charge is 2.03. The van der Waals surface area contributed by atoms with Crippen LogP contribution < -0.4 is 0 Å². The van der Waals surface area contributed by atoms with E-state index >= 15 is 0 Å². The van der Waals surface area contributed by atoms with E-state index in [0.29, 0.717) is 0 Å². The fourth-order valence-electron chi connectivity index (χ4n) is 3.56. The van der Waals surface area contributed by atoms with E-state index < -0.39 is 0 Å². The fourth-order valence-corrected chi connectivity index (χ4v) is 3.56. The number of hydrogen-bond acceptors (Lipinski definition) is 1. The predicted octanol–water partition coefficient (Wildman–Crippen LogP) is 8.36. The minimum Gasteiger partial charge on any atom is -0.393 e. The molecule has 1 heteroatoms. The van der Waals surface area contributed by atoms with Gasteiger partial charge in [-0.2, -0.15) is 0 Å². The van der Waals surface area contributed by atoms with Crippen LogP contribution in [0, 0.1) is 0 Å². The maximum atomic E-state index is 10.1. The Balaban J connectivity index is 3.13. The van der Waals surface area contributed by atoms with E-state index in [9.17, 15) is 5.11 Å². The van der Waals surface area contributed by atoms with Crippen LogP contribution >= 0.6 is 0 Å². The van der Waals surface area contributed by atoms with Crippen molar-refractivity contribution in [3.05, 3.63) is 12.7 Å². The summed E-state index contributed by atoms with van der Waals surface area (Å²) in [6, 6.07) is 0. The highest BCUT2D eigenvalue weighted by Crippen LogP contribution is 2.15. The lowest BCUT2D eigenvalue weighted by molar-refractivity contribution is 0.147. The first kappa shape index (κ1) is 24.7. The molecule has 0 unspecified atom stereocenters. The molecule has 0 rings (SSSR count). The Morgan fingerprint density at radius 1 is 0.600 bits per heavy atom. The zero-order valence-electron chi connectivity index (χ0n) is 17.5. The SMILES string of the molecule is C=CCCCCCCCCC[C@@H](O)CCCCCCCCCCCC. The molecular formula is C24H48O. The Morgan fingerprint density at radius 3 is 1.36 bits per heavy atom. The van der Waals surface area contributed by atoms with Crippen LogP contribution in [0.15, 0.2) is 12.7 Å². The number of aliphatic hydroxyl groups is 1. The molecule has 0 heterocycles. The first-order chi connectivity index (χ1) is 12.3. The van der Waals surface area contributed by atoms with Crippen LogP contribution in [0.3, 0.4) is 0 Å². The van der Waals surface area contributed by atoms with Crippen molar-refractivity contribution in [3.63, 3.8) is 0 Å². The van der Waals surface area contributed by atoms with E-state index in [4.69, 9.17) is 0 Å². The standard InChI is InChI=1S/C24H48O/c1-3-5-7-9-11-13-15-17-19-21-23-24(25)22-20-18-16-14-12-10-8-6-4-2/h4,24-25H,2-3,5-23H2,1H3/t24-/m1/s1. The Labute approximate surface area is 159 Å². The monoisotopic (exact) mass is 352 g/mol. The molecule has 0 aromatic carbocycles. The number of aliphatic hydroxyl groups excluding tert-OH is 1. The minimum absolute atomic E-state index is 0.0402. The zero-order valence-corrected chi connectivity index (χ0v) is 17.5. The van der Waals surface area contributed by atoms with Crippen LogP contribution in [0.2, 0.25) is 0 Å². The van der Waals surface area contributed by atoms with Gasteiger partial charge in [-0.3, -0.25) is 0 Å². The molecule has 0 amide bonds. The van der Waals surface area contributed by atoms with Crippen molar-refractivity contribution in [2.24, 2.45) is 0 Å². The second kappa shape index (κ2) is 21.7. The second-order valence-corrected chi connectivity index (χ2v) is 7.97. The molecule has 1 atom stereocenters. The lowest BCUT2D eigenvalue weighted by Crippen LogP contribution is -2.05. The van der Waals surface area contributed by atoms with Gasteiger partial charge in [-0.15, -0.1) is 6.58 Å². The largest absolute Gasteiger partial charge is 0.393 e. The Hall–Kier alpha value is -0.300. The van der Waals surface area contributed by atoms with Crippen LogP contribution in [0.1, 0.15) is 135 Å². The van der Waals surface area contributed by atoms with Gasteiger partial charge in [-0.05, 0) is 25.7 Å². The molecule has 0 aromatic heterocycles. The smallest absolute Gasteiger partial charge is 0.0540 e. The number of rotatable bonds is 21. The molecule has 1 nitrogen and oxygen atoms in total. The molecule has 0 spiro atoms. The molecule has 0 saturated carbocycles. The van der Waals surface area contributed by atoms with Crippen molar-refractivity contribution in [1.29, 1.82) is 0 Å². The van der Waals surface area contributed by atoms with Gasteiger partial charge in [0.05, 0.1) is 6.10 Å². The lowest BCUT2D eigenvalue weighted by atomic mass is 10.0. The molecular weight excluding hydrogens is 304 g/mol. The number of unbranched alkanes of at least 4 members (excludes halogenated alkanes) is 16. The fraction of sp³-hybridized carbons (Fsp3) is 0.917. The molecule has 0 fully saturated rings. The summed E-state index contributed by atoms with van der Waals surface area (Å²) in [5, 5.41) is 10.1. The van der Waals surface area contributed by atoms with Crippen molar-refractivity contribution in [1.82, 2.24) is 0 Å². The number of hydrogen-bond donors (Lipinski definition) is 1. The topological polar surface area (TPSA) is 20.2 Å². The van der Waals surface area contributed by atoms with Crippen molar-refractivity contribution in [2.75, 3.05) is 0 Å². The van der Waals surface area contributed by atoms with Gasteiger partial charge in [-0.25, -0.2) is 0 Å². The minimum atomic E-state index is -0.0402. The van der Waals surface area contributed by atoms with Crippen molar-refractivity contribution < 1.29 is 5.11 Å². The Morgan fingerprint density at radius 2 is 0.960 bits per heavy atom. The van der Waals surface area contributed by atoms with Crippen molar-refractivity contribution in [2.45, 2.75) is 141 Å². The zero-order chi connectivity index (χ0) is 18.4. The Kier molecular flexibility index (Phi) is 21.5. The average molecular weight is 353 g/mol. The third-order valence-corrected chi connectivity index (χ3v) is 5.34. The summed E-state index contributed by atoms with van der Waals surface area (Å²) in [5.74, 6) is 0. The molecule has 0 bridgehead atoms. The van der Waals surface area contributed by atoms with Gasteiger partial charge in [0.25, 0.3) is 0 Å². The maximum Gasteiger partial charge on any atom is 0.0540 e. The van der Waals surface area contributed by atoms with Crippen molar-refractivity contribution in [3.8, 4) is 0 Å². The summed E-state index contributed by atoms with van der Waals surface area (Å²) in [7, 11) is 0. The summed E-state index contributed by atoms with van der Waals surface area (Å²) in [5.41, 5.74) is 0. The first-order valence-electron chi connectivity index (χ1n) is 11.6. The molecule has 0 aliphatic rings. The van der Waals surface area contributed by atoms with E-state index in [1.807, 2.05) is 6.08 Å². The van der Waals surface area contributed by atoms with Crippen LogP contribution in [-0.4, -0.2) is 11.2 Å². The van der Waals surface area contributed by atoms with E-state index in [-0.39, 0.29) is 6.10 Å². The molecule has 150 valence electrons. The Bertz CT molecular complexity index is 248. The van der Waals surface area contributed by atoms with Gasteiger partial charge in [0.2, 0.25) is 0 Å². The molecule has 0 saturated heterocycles. The highest BCUT2D eigenvalue weighted by molar-refractivity contribution is 4.65. The van der Waals surface area contributed by atoms with Crippen molar-refractivity contribution >= 4 is 0 Å². The van der Waals surface area contributed by atoms with Gasteiger partial charge < -0.3 is 5.11 Å². The third kappa shape index (κ3) is 21.7. The molecule has 0 aliphatic carbocycles. The maximum absolute atomic E-state index is 10.1. The quantitative estimate of drug-likeness (QED) is 0.162. The third-order valence-electron chi connectivity index (χ3n) is 5.34. The van der Waals surface area contributed by atoms with Crippen LogP contribution in [0.4, 0.5) is 0 Å².